The van der Waals surface area contributed by atoms with Crippen LogP contribution < -0.4 is 10.6 Å². The fourth-order valence-electron chi connectivity index (χ4n) is 1.88. The quantitative estimate of drug-likeness (QED) is 0.730. The standard InChI is InChI=1S/C10H16N4O/c1-7-5-11-6-8(7)10(15)13-9-3-4-12-14(9)2/h3-4,7-8,11H,5-6H2,1-2H3,(H,13,15). The molecule has 0 aromatic carbocycles. The van der Waals surface area contributed by atoms with Gasteiger partial charge in [-0.3, -0.25) is 9.48 Å². The van der Waals surface area contributed by atoms with Crippen molar-refractivity contribution in [1.29, 1.82) is 0 Å². The highest BCUT2D eigenvalue weighted by Gasteiger charge is 2.29. The Balaban J connectivity index is 2.01. The molecular formula is C10H16N4O. The first kappa shape index (κ1) is 10.2. The Hall–Kier alpha value is -1.36. The highest BCUT2D eigenvalue weighted by Crippen LogP contribution is 2.17. The van der Waals surface area contributed by atoms with Crippen molar-refractivity contribution >= 4 is 11.7 Å². The van der Waals surface area contributed by atoms with Crippen molar-refractivity contribution in [1.82, 2.24) is 15.1 Å². The van der Waals surface area contributed by atoms with Crippen LogP contribution in [0.2, 0.25) is 0 Å². The molecule has 15 heavy (non-hydrogen) atoms. The summed E-state index contributed by atoms with van der Waals surface area (Å²) in [5.74, 6) is 1.30. The Kier molecular flexibility index (Phi) is 2.73. The van der Waals surface area contributed by atoms with Gasteiger partial charge in [0, 0.05) is 19.7 Å². The van der Waals surface area contributed by atoms with Gasteiger partial charge in [-0.25, -0.2) is 0 Å². The van der Waals surface area contributed by atoms with E-state index in [0.29, 0.717) is 5.92 Å². The molecule has 0 radical (unpaired) electrons. The van der Waals surface area contributed by atoms with Crippen molar-refractivity contribution in [3.05, 3.63) is 12.3 Å². The number of hydrogen-bond donors (Lipinski definition) is 2. The summed E-state index contributed by atoms with van der Waals surface area (Å²) in [5, 5.41) is 10.1. The Labute approximate surface area is 88.8 Å². The molecule has 2 unspecified atom stereocenters. The van der Waals surface area contributed by atoms with E-state index < -0.39 is 0 Å². The van der Waals surface area contributed by atoms with E-state index >= 15 is 0 Å². The first-order valence-electron chi connectivity index (χ1n) is 5.18. The van der Waals surface area contributed by atoms with E-state index in [9.17, 15) is 4.79 Å². The number of aromatic nitrogens is 2. The maximum absolute atomic E-state index is 11.9. The first-order chi connectivity index (χ1) is 7.18. The molecule has 1 aliphatic rings. The van der Waals surface area contributed by atoms with Crippen LogP contribution in [0.25, 0.3) is 0 Å². The second-order valence-electron chi connectivity index (χ2n) is 4.07. The molecule has 5 heteroatoms. The molecule has 1 amide bonds. The Morgan fingerprint density at radius 1 is 1.67 bits per heavy atom. The highest BCUT2D eigenvalue weighted by molar-refractivity contribution is 5.92. The van der Waals surface area contributed by atoms with E-state index in [1.807, 2.05) is 7.05 Å². The molecular weight excluding hydrogens is 192 g/mol. The van der Waals surface area contributed by atoms with E-state index in [2.05, 4.69) is 22.7 Å². The number of hydrogen-bond acceptors (Lipinski definition) is 3. The third kappa shape index (κ3) is 2.02. The third-order valence-corrected chi connectivity index (χ3v) is 2.93. The third-order valence-electron chi connectivity index (χ3n) is 2.93. The smallest absolute Gasteiger partial charge is 0.230 e. The molecule has 1 aromatic heterocycles. The number of carbonyl (C=O) groups excluding carboxylic acids is 1. The number of amides is 1. The van der Waals surface area contributed by atoms with E-state index in [1.165, 1.54) is 0 Å². The Morgan fingerprint density at radius 3 is 3.00 bits per heavy atom. The summed E-state index contributed by atoms with van der Waals surface area (Å²) in [6, 6.07) is 1.80. The summed E-state index contributed by atoms with van der Waals surface area (Å²) in [4.78, 5) is 11.9. The largest absolute Gasteiger partial charge is 0.316 e. The minimum atomic E-state index is 0.0694. The number of rotatable bonds is 2. The maximum atomic E-state index is 11.9. The average molecular weight is 208 g/mol. The van der Waals surface area contributed by atoms with Gasteiger partial charge in [0.2, 0.25) is 5.91 Å². The van der Waals surface area contributed by atoms with Gasteiger partial charge in [0.05, 0.1) is 12.1 Å². The maximum Gasteiger partial charge on any atom is 0.230 e. The minimum Gasteiger partial charge on any atom is -0.316 e. The first-order valence-corrected chi connectivity index (χ1v) is 5.18. The van der Waals surface area contributed by atoms with Crippen LogP contribution in [0, 0.1) is 11.8 Å². The molecule has 2 heterocycles. The van der Waals surface area contributed by atoms with Crippen molar-refractivity contribution in [3.8, 4) is 0 Å². The lowest BCUT2D eigenvalue weighted by atomic mass is 9.97. The molecule has 5 nitrogen and oxygen atoms in total. The summed E-state index contributed by atoms with van der Waals surface area (Å²) >= 11 is 0. The summed E-state index contributed by atoms with van der Waals surface area (Å²) < 4.78 is 1.66. The molecule has 82 valence electrons. The monoisotopic (exact) mass is 208 g/mol. The number of carbonyl (C=O) groups is 1. The second-order valence-corrected chi connectivity index (χ2v) is 4.07. The fourth-order valence-corrected chi connectivity index (χ4v) is 1.88. The van der Waals surface area contributed by atoms with Crippen LogP contribution in [-0.2, 0) is 11.8 Å². The van der Waals surface area contributed by atoms with Crippen LogP contribution in [0.15, 0.2) is 12.3 Å². The summed E-state index contributed by atoms with van der Waals surface area (Å²) in [7, 11) is 1.81. The van der Waals surface area contributed by atoms with Crippen molar-refractivity contribution in [2.24, 2.45) is 18.9 Å². The number of anilines is 1. The Morgan fingerprint density at radius 2 is 2.47 bits per heavy atom. The van der Waals surface area contributed by atoms with Gasteiger partial charge in [0.25, 0.3) is 0 Å². The zero-order valence-corrected chi connectivity index (χ0v) is 9.03. The van der Waals surface area contributed by atoms with Crippen LogP contribution in [0.4, 0.5) is 5.82 Å². The summed E-state index contributed by atoms with van der Waals surface area (Å²) in [6.07, 6.45) is 1.67. The summed E-state index contributed by atoms with van der Waals surface area (Å²) in [5.41, 5.74) is 0. The van der Waals surface area contributed by atoms with E-state index in [-0.39, 0.29) is 11.8 Å². The molecule has 0 aliphatic carbocycles. The van der Waals surface area contributed by atoms with Crippen LogP contribution in [0.1, 0.15) is 6.92 Å². The molecule has 2 rings (SSSR count). The highest BCUT2D eigenvalue weighted by atomic mass is 16.2. The zero-order valence-electron chi connectivity index (χ0n) is 9.03. The molecule has 0 saturated carbocycles. The lowest BCUT2D eigenvalue weighted by Gasteiger charge is -2.13. The molecule has 2 atom stereocenters. The van der Waals surface area contributed by atoms with Gasteiger partial charge in [0.1, 0.15) is 5.82 Å². The second kappa shape index (κ2) is 4.02. The van der Waals surface area contributed by atoms with Crippen LogP contribution >= 0.6 is 0 Å². The lowest BCUT2D eigenvalue weighted by molar-refractivity contribution is -0.120. The van der Waals surface area contributed by atoms with E-state index in [0.717, 1.165) is 18.9 Å². The van der Waals surface area contributed by atoms with E-state index in [1.54, 1.807) is 16.9 Å². The zero-order chi connectivity index (χ0) is 10.8. The SMILES string of the molecule is CC1CNCC1C(=O)Nc1ccnn1C. The number of aryl methyl sites for hydroxylation is 1. The van der Waals surface area contributed by atoms with Gasteiger partial charge < -0.3 is 10.6 Å². The molecule has 1 saturated heterocycles. The van der Waals surface area contributed by atoms with Gasteiger partial charge in [0.15, 0.2) is 0 Å². The summed E-state index contributed by atoms with van der Waals surface area (Å²) in [6.45, 7) is 3.78. The van der Waals surface area contributed by atoms with Gasteiger partial charge in [-0.2, -0.15) is 5.10 Å². The predicted octanol–water partition coefficient (Wildman–Crippen LogP) is 0.214. The average Bonchev–Trinajstić information content (AvgIpc) is 2.76. The molecule has 1 aromatic rings. The normalized spacial score (nSPS) is 25.5. The van der Waals surface area contributed by atoms with Gasteiger partial charge in [-0.15, -0.1) is 0 Å². The topological polar surface area (TPSA) is 59.0 Å². The minimum absolute atomic E-state index is 0.0694. The van der Waals surface area contributed by atoms with Crippen LogP contribution in [0.3, 0.4) is 0 Å². The van der Waals surface area contributed by atoms with Crippen LogP contribution in [0.5, 0.6) is 0 Å². The number of nitrogens with one attached hydrogen (secondary N) is 2. The van der Waals surface area contributed by atoms with Gasteiger partial charge >= 0.3 is 0 Å². The van der Waals surface area contributed by atoms with Crippen molar-refractivity contribution in [3.63, 3.8) is 0 Å². The van der Waals surface area contributed by atoms with Crippen molar-refractivity contribution < 1.29 is 4.79 Å². The molecule has 0 spiro atoms. The van der Waals surface area contributed by atoms with Crippen molar-refractivity contribution in [2.75, 3.05) is 18.4 Å². The predicted molar refractivity (Wildman–Crippen MR) is 57.4 cm³/mol. The lowest BCUT2D eigenvalue weighted by Crippen LogP contribution is -2.28. The van der Waals surface area contributed by atoms with E-state index in [4.69, 9.17) is 0 Å². The molecule has 1 fully saturated rings. The van der Waals surface area contributed by atoms with Gasteiger partial charge in [-0.05, 0) is 12.5 Å². The molecule has 2 N–H and O–H groups in total. The van der Waals surface area contributed by atoms with Crippen molar-refractivity contribution in [2.45, 2.75) is 6.92 Å². The number of nitrogens with zero attached hydrogens (tertiary/aromatic N) is 2. The molecule has 0 bridgehead atoms. The fraction of sp³-hybridized carbons (Fsp3) is 0.600. The van der Waals surface area contributed by atoms with Gasteiger partial charge in [-0.1, -0.05) is 6.92 Å². The Bertz CT molecular complexity index is 360. The van der Waals surface area contributed by atoms with Crippen LogP contribution in [-0.4, -0.2) is 28.8 Å². The molecule has 1 aliphatic heterocycles.